The van der Waals surface area contributed by atoms with Crippen LogP contribution in [0.1, 0.15) is 39.0 Å². The van der Waals surface area contributed by atoms with Gasteiger partial charge in [0, 0.05) is 10.2 Å². The average molecular weight is 340 g/mol. The van der Waals surface area contributed by atoms with Gasteiger partial charge in [0.1, 0.15) is 5.54 Å². The molecule has 1 aromatic carbocycles. The lowest BCUT2D eigenvalue weighted by Gasteiger charge is -2.42. The largest absolute Gasteiger partial charge is 0.467 e. The molecule has 110 valence electrons. The lowest BCUT2D eigenvalue weighted by Crippen LogP contribution is -2.54. The van der Waals surface area contributed by atoms with Gasteiger partial charge in [-0.05, 0) is 37.0 Å². The quantitative estimate of drug-likeness (QED) is 0.827. The van der Waals surface area contributed by atoms with E-state index >= 15 is 0 Å². The predicted octanol–water partition coefficient (Wildman–Crippen LogP) is 4.37. The van der Waals surface area contributed by atoms with Crippen molar-refractivity contribution in [1.82, 2.24) is 0 Å². The van der Waals surface area contributed by atoms with E-state index in [1.54, 1.807) is 0 Å². The van der Waals surface area contributed by atoms with Gasteiger partial charge in [-0.3, -0.25) is 0 Å². The molecule has 1 saturated carbocycles. The number of methoxy groups -OCH3 is 1. The van der Waals surface area contributed by atoms with Crippen LogP contribution in [0.5, 0.6) is 0 Å². The number of benzene rings is 1. The number of ether oxygens (including phenoxy) is 1. The number of nitrogens with one attached hydrogen (secondary N) is 1. The van der Waals surface area contributed by atoms with Crippen LogP contribution >= 0.6 is 15.9 Å². The number of carbonyl (C=O) groups excluding carboxylic acids is 1. The Hall–Kier alpha value is -1.03. The summed E-state index contributed by atoms with van der Waals surface area (Å²) >= 11 is 3.47. The number of carbonyl (C=O) groups is 1. The van der Waals surface area contributed by atoms with E-state index in [0.29, 0.717) is 5.92 Å². The van der Waals surface area contributed by atoms with E-state index in [0.717, 1.165) is 35.8 Å². The van der Waals surface area contributed by atoms with Gasteiger partial charge < -0.3 is 10.1 Å². The van der Waals surface area contributed by atoms with Crippen LogP contribution in [0.3, 0.4) is 0 Å². The van der Waals surface area contributed by atoms with Gasteiger partial charge in [0.2, 0.25) is 0 Å². The monoisotopic (exact) mass is 339 g/mol. The number of anilines is 1. The lowest BCUT2D eigenvalue weighted by molar-refractivity contribution is -0.149. The zero-order chi connectivity index (χ0) is 14.6. The van der Waals surface area contributed by atoms with E-state index in [9.17, 15) is 4.79 Å². The topological polar surface area (TPSA) is 38.3 Å². The van der Waals surface area contributed by atoms with Gasteiger partial charge in [0.15, 0.2) is 0 Å². The normalized spacial score (nSPS) is 26.1. The first-order valence-electron chi connectivity index (χ1n) is 7.24. The minimum atomic E-state index is -0.581. The fraction of sp³-hybridized carbons (Fsp3) is 0.562. The van der Waals surface area contributed by atoms with Crippen LogP contribution in [0.25, 0.3) is 0 Å². The molecule has 1 aliphatic carbocycles. The number of hydrogen-bond acceptors (Lipinski definition) is 3. The van der Waals surface area contributed by atoms with Crippen LogP contribution in [0.4, 0.5) is 5.69 Å². The van der Waals surface area contributed by atoms with E-state index in [1.807, 2.05) is 24.3 Å². The molecule has 4 heteroatoms. The number of halogens is 1. The molecule has 0 radical (unpaired) electrons. The smallest absolute Gasteiger partial charge is 0.331 e. The average Bonchev–Trinajstić information content (AvgIpc) is 2.46. The molecular formula is C16H22BrNO2. The van der Waals surface area contributed by atoms with Gasteiger partial charge in [-0.15, -0.1) is 0 Å². The minimum absolute atomic E-state index is 0.135. The number of hydrogen-bond donors (Lipinski definition) is 1. The Morgan fingerprint density at radius 2 is 2.30 bits per heavy atom. The van der Waals surface area contributed by atoms with E-state index in [2.05, 4.69) is 28.2 Å². The summed E-state index contributed by atoms with van der Waals surface area (Å²) in [6.07, 6.45) is 5.15. The highest BCUT2D eigenvalue weighted by Gasteiger charge is 2.47. The van der Waals surface area contributed by atoms with E-state index in [-0.39, 0.29) is 5.97 Å². The molecule has 2 rings (SSSR count). The zero-order valence-electron chi connectivity index (χ0n) is 12.1. The van der Waals surface area contributed by atoms with Gasteiger partial charge >= 0.3 is 5.97 Å². The van der Waals surface area contributed by atoms with Crippen molar-refractivity contribution < 1.29 is 9.53 Å². The standard InChI is InChI=1S/C16H22BrNO2/c1-3-12-7-4-5-10-16(12,15(19)20-2)18-14-9-6-8-13(17)11-14/h6,8-9,11-12,18H,3-5,7,10H2,1-2H3. The van der Waals surface area contributed by atoms with Gasteiger partial charge in [0.25, 0.3) is 0 Å². The van der Waals surface area contributed by atoms with Crippen LogP contribution in [0.15, 0.2) is 28.7 Å². The summed E-state index contributed by atoms with van der Waals surface area (Å²) in [6.45, 7) is 2.15. The highest BCUT2D eigenvalue weighted by atomic mass is 79.9. The number of rotatable bonds is 4. The molecule has 0 bridgehead atoms. The first-order chi connectivity index (χ1) is 9.62. The van der Waals surface area contributed by atoms with Crippen molar-refractivity contribution >= 4 is 27.6 Å². The second-order valence-corrected chi connectivity index (χ2v) is 6.36. The molecule has 1 aliphatic rings. The van der Waals surface area contributed by atoms with Crippen molar-refractivity contribution in [2.75, 3.05) is 12.4 Å². The molecule has 1 N–H and O–H groups in total. The van der Waals surface area contributed by atoms with E-state index < -0.39 is 5.54 Å². The van der Waals surface area contributed by atoms with E-state index in [4.69, 9.17) is 4.74 Å². The molecule has 2 unspecified atom stereocenters. The molecule has 20 heavy (non-hydrogen) atoms. The second kappa shape index (κ2) is 6.61. The van der Waals surface area contributed by atoms with Crippen LogP contribution in [-0.2, 0) is 9.53 Å². The third-order valence-corrected chi connectivity index (χ3v) is 4.80. The van der Waals surface area contributed by atoms with Crippen LogP contribution in [0.2, 0.25) is 0 Å². The fourth-order valence-electron chi connectivity index (χ4n) is 3.29. The van der Waals surface area contributed by atoms with Crippen molar-refractivity contribution in [3.63, 3.8) is 0 Å². The molecule has 0 aliphatic heterocycles. The molecular weight excluding hydrogens is 318 g/mol. The Kier molecular flexibility index (Phi) is 5.08. The Morgan fingerprint density at radius 1 is 1.50 bits per heavy atom. The van der Waals surface area contributed by atoms with Gasteiger partial charge in [0.05, 0.1) is 7.11 Å². The summed E-state index contributed by atoms with van der Waals surface area (Å²) in [5.74, 6) is 0.187. The van der Waals surface area contributed by atoms with Crippen molar-refractivity contribution in [3.05, 3.63) is 28.7 Å². The highest BCUT2D eigenvalue weighted by molar-refractivity contribution is 9.10. The molecule has 0 heterocycles. The van der Waals surface area contributed by atoms with Crippen molar-refractivity contribution in [1.29, 1.82) is 0 Å². The van der Waals surface area contributed by atoms with Crippen LogP contribution in [0, 0.1) is 5.92 Å². The minimum Gasteiger partial charge on any atom is -0.467 e. The maximum atomic E-state index is 12.5. The maximum Gasteiger partial charge on any atom is 0.331 e. The Labute approximate surface area is 129 Å². The first-order valence-corrected chi connectivity index (χ1v) is 8.04. The van der Waals surface area contributed by atoms with E-state index in [1.165, 1.54) is 13.5 Å². The molecule has 0 aromatic heterocycles. The van der Waals surface area contributed by atoms with Crippen molar-refractivity contribution in [2.45, 2.75) is 44.6 Å². The molecule has 0 saturated heterocycles. The maximum absolute atomic E-state index is 12.5. The SMILES string of the molecule is CCC1CCCCC1(Nc1cccc(Br)c1)C(=O)OC. The molecule has 1 fully saturated rings. The summed E-state index contributed by atoms with van der Waals surface area (Å²) in [5.41, 5.74) is 0.382. The van der Waals surface area contributed by atoms with Crippen molar-refractivity contribution in [2.24, 2.45) is 5.92 Å². The van der Waals surface area contributed by atoms with Gasteiger partial charge in [-0.1, -0.05) is 48.2 Å². The summed E-state index contributed by atoms with van der Waals surface area (Å²) in [7, 11) is 1.48. The fourth-order valence-corrected chi connectivity index (χ4v) is 3.69. The summed E-state index contributed by atoms with van der Waals surface area (Å²) in [4.78, 5) is 12.5. The van der Waals surface area contributed by atoms with Crippen molar-refractivity contribution in [3.8, 4) is 0 Å². The third kappa shape index (κ3) is 3.00. The van der Waals surface area contributed by atoms with Crippen LogP contribution in [-0.4, -0.2) is 18.6 Å². The molecule has 0 amide bonds. The molecule has 2 atom stereocenters. The Morgan fingerprint density at radius 3 is 2.95 bits per heavy atom. The predicted molar refractivity (Wildman–Crippen MR) is 84.8 cm³/mol. The highest BCUT2D eigenvalue weighted by Crippen LogP contribution is 2.39. The summed E-state index contributed by atoms with van der Waals surface area (Å²) in [5, 5.41) is 3.48. The molecule has 0 spiro atoms. The summed E-state index contributed by atoms with van der Waals surface area (Å²) < 4.78 is 6.12. The Bertz CT molecular complexity index is 477. The molecule has 3 nitrogen and oxygen atoms in total. The second-order valence-electron chi connectivity index (χ2n) is 5.45. The molecule has 1 aromatic rings. The lowest BCUT2D eigenvalue weighted by atomic mass is 9.71. The van der Waals surface area contributed by atoms with Crippen LogP contribution < -0.4 is 5.32 Å². The zero-order valence-corrected chi connectivity index (χ0v) is 13.7. The van der Waals surface area contributed by atoms with Gasteiger partial charge in [-0.2, -0.15) is 0 Å². The Balaban J connectivity index is 2.33. The first kappa shape index (κ1) is 15.4. The summed E-state index contributed by atoms with van der Waals surface area (Å²) in [6, 6.07) is 7.96. The number of esters is 1. The third-order valence-electron chi connectivity index (χ3n) is 4.31. The van der Waals surface area contributed by atoms with Gasteiger partial charge in [-0.25, -0.2) is 4.79 Å².